The third-order valence-corrected chi connectivity index (χ3v) is 1.86. The van der Waals surface area contributed by atoms with Gasteiger partial charge in [0.05, 0.1) is 19.3 Å². The van der Waals surface area contributed by atoms with Crippen LogP contribution in [0.15, 0.2) is 0 Å². The van der Waals surface area contributed by atoms with Crippen LogP contribution in [0.5, 0.6) is 0 Å². The van der Waals surface area contributed by atoms with Crippen LogP contribution in [0, 0.1) is 0 Å². The number of hydrogen-bond donors (Lipinski definition) is 1. The normalized spacial score (nSPS) is 29.5. The van der Waals surface area contributed by atoms with Gasteiger partial charge in [0, 0.05) is 13.5 Å². The van der Waals surface area contributed by atoms with Crippen LogP contribution in [0.2, 0.25) is 0 Å². The first-order valence-electron chi connectivity index (χ1n) is 4.33. The van der Waals surface area contributed by atoms with Crippen molar-refractivity contribution in [2.24, 2.45) is 5.73 Å². The van der Waals surface area contributed by atoms with E-state index in [1.54, 1.807) is 7.11 Å². The van der Waals surface area contributed by atoms with Gasteiger partial charge < -0.3 is 19.9 Å². The Bertz CT molecular complexity index is 121. The monoisotopic (exact) mass is 175 g/mol. The Labute approximate surface area is 73.0 Å². The predicted molar refractivity (Wildman–Crippen MR) is 44.8 cm³/mol. The van der Waals surface area contributed by atoms with E-state index in [0.29, 0.717) is 19.8 Å². The molecule has 72 valence electrons. The second kappa shape index (κ2) is 5.48. The number of ether oxygens (including phenoxy) is 3. The molecule has 12 heavy (non-hydrogen) atoms. The molecule has 2 unspecified atom stereocenters. The summed E-state index contributed by atoms with van der Waals surface area (Å²) in [5, 5.41) is 0. The topological polar surface area (TPSA) is 53.7 Å². The van der Waals surface area contributed by atoms with Crippen LogP contribution < -0.4 is 5.73 Å². The molecule has 2 N–H and O–H groups in total. The van der Waals surface area contributed by atoms with E-state index in [4.69, 9.17) is 19.9 Å². The van der Waals surface area contributed by atoms with Gasteiger partial charge in [-0.2, -0.15) is 0 Å². The first-order valence-corrected chi connectivity index (χ1v) is 4.33. The van der Waals surface area contributed by atoms with Gasteiger partial charge in [0.15, 0.2) is 6.29 Å². The highest BCUT2D eigenvalue weighted by Gasteiger charge is 2.24. The highest BCUT2D eigenvalue weighted by atomic mass is 16.7. The second-order valence-corrected chi connectivity index (χ2v) is 2.88. The summed E-state index contributed by atoms with van der Waals surface area (Å²) in [6.45, 7) is 2.01. The first-order chi connectivity index (χ1) is 5.86. The Hall–Kier alpha value is -0.160. The van der Waals surface area contributed by atoms with Crippen LogP contribution >= 0.6 is 0 Å². The maximum Gasteiger partial charge on any atom is 0.160 e. The van der Waals surface area contributed by atoms with Gasteiger partial charge in [-0.25, -0.2) is 0 Å². The van der Waals surface area contributed by atoms with E-state index in [2.05, 4.69) is 0 Å². The van der Waals surface area contributed by atoms with Gasteiger partial charge in [0.25, 0.3) is 0 Å². The van der Waals surface area contributed by atoms with Crippen LogP contribution in [0.3, 0.4) is 0 Å². The fourth-order valence-corrected chi connectivity index (χ4v) is 1.21. The summed E-state index contributed by atoms with van der Waals surface area (Å²) < 4.78 is 15.8. The van der Waals surface area contributed by atoms with E-state index in [9.17, 15) is 0 Å². The van der Waals surface area contributed by atoms with Gasteiger partial charge in [0.2, 0.25) is 0 Å². The molecule has 0 bridgehead atoms. The summed E-state index contributed by atoms with van der Waals surface area (Å²) in [7, 11) is 1.67. The highest BCUT2D eigenvalue weighted by Crippen LogP contribution is 2.16. The minimum atomic E-state index is -0.0819. The van der Waals surface area contributed by atoms with Crippen molar-refractivity contribution in [2.45, 2.75) is 25.2 Å². The molecular formula is C8H17NO3. The minimum Gasteiger partial charge on any atom is -0.384 e. The molecule has 1 aliphatic rings. The van der Waals surface area contributed by atoms with E-state index in [1.165, 1.54) is 0 Å². The second-order valence-electron chi connectivity index (χ2n) is 2.88. The fraction of sp³-hybridized carbons (Fsp3) is 1.00. The third-order valence-electron chi connectivity index (χ3n) is 1.86. The fourth-order valence-electron chi connectivity index (χ4n) is 1.21. The summed E-state index contributed by atoms with van der Waals surface area (Å²) in [6, 6.07) is 0. The van der Waals surface area contributed by atoms with Crippen molar-refractivity contribution >= 4 is 0 Å². The minimum absolute atomic E-state index is 0.0819. The van der Waals surface area contributed by atoms with Crippen molar-refractivity contribution in [3.05, 3.63) is 0 Å². The number of hydrogen-bond acceptors (Lipinski definition) is 4. The molecule has 0 aliphatic carbocycles. The van der Waals surface area contributed by atoms with Gasteiger partial charge in [0.1, 0.15) is 0 Å². The first kappa shape index (κ1) is 9.92. The summed E-state index contributed by atoms with van der Waals surface area (Å²) in [5.41, 5.74) is 5.39. The molecule has 0 aromatic carbocycles. The van der Waals surface area contributed by atoms with Crippen molar-refractivity contribution < 1.29 is 14.2 Å². The molecule has 1 fully saturated rings. The zero-order valence-electron chi connectivity index (χ0n) is 7.49. The molecular weight excluding hydrogens is 158 g/mol. The zero-order chi connectivity index (χ0) is 8.81. The van der Waals surface area contributed by atoms with Crippen LogP contribution in [0.25, 0.3) is 0 Å². The largest absolute Gasteiger partial charge is 0.384 e. The SMILES string of the molecule is COCCC1OCC(CCN)O1. The molecule has 0 aromatic rings. The van der Waals surface area contributed by atoms with E-state index >= 15 is 0 Å². The van der Waals surface area contributed by atoms with E-state index < -0.39 is 0 Å². The van der Waals surface area contributed by atoms with Gasteiger partial charge in [-0.15, -0.1) is 0 Å². The molecule has 4 heteroatoms. The molecule has 2 atom stereocenters. The molecule has 4 nitrogen and oxygen atoms in total. The quantitative estimate of drug-likeness (QED) is 0.644. The van der Waals surface area contributed by atoms with E-state index in [0.717, 1.165) is 12.8 Å². The Morgan fingerprint density at radius 3 is 3.00 bits per heavy atom. The Morgan fingerprint density at radius 1 is 1.50 bits per heavy atom. The lowest BCUT2D eigenvalue weighted by molar-refractivity contribution is -0.0725. The van der Waals surface area contributed by atoms with Crippen molar-refractivity contribution in [3.63, 3.8) is 0 Å². The van der Waals surface area contributed by atoms with E-state index in [1.807, 2.05) is 0 Å². The van der Waals surface area contributed by atoms with Crippen molar-refractivity contribution in [1.82, 2.24) is 0 Å². The average molecular weight is 175 g/mol. The lowest BCUT2D eigenvalue weighted by Crippen LogP contribution is -2.17. The summed E-state index contributed by atoms with van der Waals surface area (Å²) >= 11 is 0. The molecule has 0 radical (unpaired) electrons. The van der Waals surface area contributed by atoms with Gasteiger partial charge in [-0.1, -0.05) is 0 Å². The number of rotatable bonds is 5. The molecule has 0 saturated carbocycles. The third kappa shape index (κ3) is 3.06. The van der Waals surface area contributed by atoms with E-state index in [-0.39, 0.29) is 12.4 Å². The zero-order valence-corrected chi connectivity index (χ0v) is 7.49. The number of nitrogens with two attached hydrogens (primary N) is 1. The maximum atomic E-state index is 5.52. The van der Waals surface area contributed by atoms with Crippen molar-refractivity contribution in [2.75, 3.05) is 26.9 Å². The predicted octanol–water partition coefficient (Wildman–Crippen LogP) is 0.113. The Morgan fingerprint density at radius 2 is 2.33 bits per heavy atom. The molecule has 0 amide bonds. The standard InChI is InChI=1S/C8H17NO3/c1-10-5-3-8-11-6-7(12-8)2-4-9/h7-8H,2-6,9H2,1H3. The highest BCUT2D eigenvalue weighted by molar-refractivity contribution is 4.65. The summed E-state index contributed by atoms with van der Waals surface area (Å²) in [4.78, 5) is 0. The van der Waals surface area contributed by atoms with Gasteiger partial charge in [-0.3, -0.25) is 0 Å². The van der Waals surface area contributed by atoms with Crippen LogP contribution in [-0.2, 0) is 14.2 Å². The van der Waals surface area contributed by atoms with Gasteiger partial charge >= 0.3 is 0 Å². The molecule has 1 heterocycles. The van der Waals surface area contributed by atoms with Crippen LogP contribution in [0.4, 0.5) is 0 Å². The molecule has 1 saturated heterocycles. The van der Waals surface area contributed by atoms with Crippen LogP contribution in [-0.4, -0.2) is 39.3 Å². The lowest BCUT2D eigenvalue weighted by atomic mass is 10.3. The number of methoxy groups -OCH3 is 1. The van der Waals surface area contributed by atoms with Crippen molar-refractivity contribution in [3.8, 4) is 0 Å². The average Bonchev–Trinajstić information content (AvgIpc) is 2.50. The van der Waals surface area contributed by atoms with Gasteiger partial charge in [-0.05, 0) is 13.0 Å². The summed E-state index contributed by atoms with van der Waals surface area (Å²) in [6.07, 6.45) is 1.79. The molecule has 1 rings (SSSR count). The summed E-state index contributed by atoms with van der Waals surface area (Å²) in [5.74, 6) is 0. The smallest absolute Gasteiger partial charge is 0.160 e. The van der Waals surface area contributed by atoms with Crippen LogP contribution in [0.1, 0.15) is 12.8 Å². The maximum absolute atomic E-state index is 5.52. The molecule has 1 aliphatic heterocycles. The Balaban J connectivity index is 2.08. The van der Waals surface area contributed by atoms with Crippen molar-refractivity contribution in [1.29, 1.82) is 0 Å². The molecule has 0 aromatic heterocycles. The lowest BCUT2D eigenvalue weighted by Gasteiger charge is -2.09. The molecule has 0 spiro atoms. The Kier molecular flexibility index (Phi) is 4.53.